The third kappa shape index (κ3) is 2.64. The summed E-state index contributed by atoms with van der Waals surface area (Å²) in [7, 11) is 0. The SMILES string of the molecule is C1=CNCC(c2ccc(Nc3ccc4oc5ccccc5c4c3)cc2)=C1. The Bertz CT molecular complexity index is 1150. The van der Waals surface area contributed by atoms with Crippen LogP contribution in [0, 0.1) is 0 Å². The van der Waals surface area contributed by atoms with Crippen LogP contribution in [0.5, 0.6) is 0 Å². The molecule has 0 atom stereocenters. The van der Waals surface area contributed by atoms with Crippen LogP contribution in [0.2, 0.25) is 0 Å². The first-order valence-corrected chi connectivity index (χ1v) is 8.75. The topological polar surface area (TPSA) is 37.2 Å². The predicted octanol–water partition coefficient (Wildman–Crippen LogP) is 5.83. The Kier molecular flexibility index (Phi) is 3.49. The third-order valence-corrected chi connectivity index (χ3v) is 4.73. The molecule has 0 unspecified atom stereocenters. The molecule has 0 bridgehead atoms. The van der Waals surface area contributed by atoms with Crippen LogP contribution in [0.3, 0.4) is 0 Å². The number of fused-ring (bicyclic) bond motifs is 3. The van der Waals surface area contributed by atoms with E-state index in [1.807, 2.05) is 36.5 Å². The second kappa shape index (κ2) is 6.12. The molecule has 3 aromatic carbocycles. The van der Waals surface area contributed by atoms with Gasteiger partial charge in [0.15, 0.2) is 0 Å². The van der Waals surface area contributed by atoms with Crippen molar-refractivity contribution in [2.24, 2.45) is 0 Å². The number of hydrogen-bond acceptors (Lipinski definition) is 3. The van der Waals surface area contributed by atoms with Gasteiger partial charge in [0.2, 0.25) is 0 Å². The lowest BCUT2D eigenvalue weighted by Gasteiger charge is -2.12. The van der Waals surface area contributed by atoms with Crippen molar-refractivity contribution in [2.75, 3.05) is 11.9 Å². The molecule has 0 fully saturated rings. The first-order valence-electron chi connectivity index (χ1n) is 8.75. The van der Waals surface area contributed by atoms with Crippen LogP contribution in [0.15, 0.2) is 89.5 Å². The van der Waals surface area contributed by atoms with E-state index in [9.17, 15) is 0 Å². The summed E-state index contributed by atoms with van der Waals surface area (Å²) in [6, 6.07) is 22.9. The summed E-state index contributed by atoms with van der Waals surface area (Å²) < 4.78 is 5.90. The zero-order valence-electron chi connectivity index (χ0n) is 14.2. The fourth-order valence-corrected chi connectivity index (χ4v) is 3.40. The summed E-state index contributed by atoms with van der Waals surface area (Å²) in [6.45, 7) is 0.869. The molecule has 2 N–H and O–H groups in total. The Balaban J connectivity index is 1.44. The first kappa shape index (κ1) is 14.8. The standard InChI is InChI=1S/C23H18N2O/c1-2-6-22-20(5-1)21-14-19(11-12-23(21)26-22)25-18-9-7-16(8-10-18)17-4-3-13-24-15-17/h1-14,24-25H,15H2. The molecule has 126 valence electrons. The molecule has 0 amide bonds. The summed E-state index contributed by atoms with van der Waals surface area (Å²) in [5, 5.41) is 9.01. The largest absolute Gasteiger partial charge is 0.456 e. The number of benzene rings is 3. The summed E-state index contributed by atoms with van der Waals surface area (Å²) in [5.74, 6) is 0. The lowest BCUT2D eigenvalue weighted by atomic mass is 10.0. The van der Waals surface area contributed by atoms with Crippen LogP contribution < -0.4 is 10.6 Å². The van der Waals surface area contributed by atoms with E-state index in [-0.39, 0.29) is 0 Å². The molecule has 0 saturated carbocycles. The Morgan fingerprint density at radius 2 is 1.62 bits per heavy atom. The molecule has 3 heteroatoms. The van der Waals surface area contributed by atoms with Crippen LogP contribution in [0.4, 0.5) is 11.4 Å². The van der Waals surface area contributed by atoms with Crippen molar-refractivity contribution in [3.8, 4) is 0 Å². The zero-order valence-corrected chi connectivity index (χ0v) is 14.2. The van der Waals surface area contributed by atoms with Crippen LogP contribution in [-0.4, -0.2) is 6.54 Å². The quantitative estimate of drug-likeness (QED) is 0.493. The van der Waals surface area contributed by atoms with E-state index in [1.165, 1.54) is 11.1 Å². The van der Waals surface area contributed by atoms with Crippen molar-refractivity contribution < 1.29 is 4.42 Å². The Morgan fingerprint density at radius 1 is 0.808 bits per heavy atom. The maximum atomic E-state index is 5.90. The fourth-order valence-electron chi connectivity index (χ4n) is 3.40. The monoisotopic (exact) mass is 338 g/mol. The molecule has 0 spiro atoms. The number of anilines is 2. The summed E-state index contributed by atoms with van der Waals surface area (Å²) in [6.07, 6.45) is 6.15. The van der Waals surface area contributed by atoms with Crippen LogP contribution in [-0.2, 0) is 0 Å². The molecule has 4 aromatic rings. The van der Waals surface area contributed by atoms with Crippen molar-refractivity contribution in [2.45, 2.75) is 0 Å². The van der Waals surface area contributed by atoms with E-state index >= 15 is 0 Å². The Labute approximate surface area is 151 Å². The maximum absolute atomic E-state index is 5.90. The molecule has 3 nitrogen and oxygen atoms in total. The maximum Gasteiger partial charge on any atom is 0.135 e. The van der Waals surface area contributed by atoms with E-state index in [0.717, 1.165) is 39.9 Å². The number of dihydropyridines is 1. The van der Waals surface area contributed by atoms with Crippen molar-refractivity contribution in [1.82, 2.24) is 5.32 Å². The van der Waals surface area contributed by atoms with Crippen molar-refractivity contribution in [3.05, 3.63) is 90.6 Å². The molecule has 0 saturated heterocycles. The number of rotatable bonds is 3. The second-order valence-corrected chi connectivity index (χ2v) is 6.44. The highest BCUT2D eigenvalue weighted by molar-refractivity contribution is 6.06. The van der Waals surface area contributed by atoms with E-state index in [4.69, 9.17) is 4.42 Å². The number of furan rings is 1. The minimum atomic E-state index is 0.869. The fraction of sp³-hybridized carbons (Fsp3) is 0.0435. The van der Waals surface area contributed by atoms with Gasteiger partial charge < -0.3 is 15.1 Å². The number of nitrogens with one attached hydrogen (secondary N) is 2. The van der Waals surface area contributed by atoms with Crippen LogP contribution >= 0.6 is 0 Å². The predicted molar refractivity (Wildman–Crippen MR) is 109 cm³/mol. The van der Waals surface area contributed by atoms with Crippen LogP contribution in [0.1, 0.15) is 5.56 Å². The Hall–Kier alpha value is -3.46. The van der Waals surface area contributed by atoms with Gasteiger partial charge in [-0.05, 0) is 59.8 Å². The number of allylic oxidation sites excluding steroid dienone is 2. The number of hydrogen-bond donors (Lipinski definition) is 2. The highest BCUT2D eigenvalue weighted by atomic mass is 16.3. The van der Waals surface area contributed by atoms with Gasteiger partial charge in [-0.25, -0.2) is 0 Å². The van der Waals surface area contributed by atoms with E-state index in [0.29, 0.717) is 0 Å². The van der Waals surface area contributed by atoms with Gasteiger partial charge in [0.05, 0.1) is 0 Å². The second-order valence-electron chi connectivity index (χ2n) is 6.44. The average Bonchev–Trinajstić information content (AvgIpc) is 3.07. The molecule has 0 aliphatic carbocycles. The van der Waals surface area contributed by atoms with Gasteiger partial charge in [0, 0.05) is 28.7 Å². The summed E-state index contributed by atoms with van der Waals surface area (Å²) in [4.78, 5) is 0. The van der Waals surface area contributed by atoms with Gasteiger partial charge in [0.1, 0.15) is 11.2 Å². The average molecular weight is 338 g/mol. The Morgan fingerprint density at radius 3 is 2.46 bits per heavy atom. The third-order valence-electron chi connectivity index (χ3n) is 4.73. The first-order chi connectivity index (χ1) is 12.9. The number of para-hydroxylation sites is 1. The van der Waals surface area contributed by atoms with Crippen molar-refractivity contribution >= 4 is 38.9 Å². The van der Waals surface area contributed by atoms with Gasteiger partial charge in [-0.15, -0.1) is 0 Å². The smallest absolute Gasteiger partial charge is 0.135 e. The molecular weight excluding hydrogens is 320 g/mol. The van der Waals surface area contributed by atoms with Crippen molar-refractivity contribution in [1.29, 1.82) is 0 Å². The zero-order chi connectivity index (χ0) is 17.3. The molecule has 2 heterocycles. The summed E-state index contributed by atoms with van der Waals surface area (Å²) in [5.41, 5.74) is 6.50. The van der Waals surface area contributed by atoms with Gasteiger partial charge in [-0.2, -0.15) is 0 Å². The van der Waals surface area contributed by atoms with Gasteiger partial charge in [0.25, 0.3) is 0 Å². The van der Waals surface area contributed by atoms with Gasteiger partial charge in [-0.3, -0.25) is 0 Å². The van der Waals surface area contributed by atoms with Crippen molar-refractivity contribution in [3.63, 3.8) is 0 Å². The highest BCUT2D eigenvalue weighted by Gasteiger charge is 2.07. The molecule has 1 aliphatic heterocycles. The summed E-state index contributed by atoms with van der Waals surface area (Å²) >= 11 is 0. The van der Waals surface area contributed by atoms with Crippen LogP contribution in [0.25, 0.3) is 27.5 Å². The molecular formula is C23H18N2O. The minimum absolute atomic E-state index is 0.869. The molecule has 5 rings (SSSR count). The molecule has 1 aromatic heterocycles. The lowest BCUT2D eigenvalue weighted by Crippen LogP contribution is -2.11. The molecule has 1 aliphatic rings. The highest BCUT2D eigenvalue weighted by Crippen LogP contribution is 2.31. The minimum Gasteiger partial charge on any atom is -0.456 e. The molecule has 26 heavy (non-hydrogen) atoms. The lowest BCUT2D eigenvalue weighted by molar-refractivity contribution is 0.669. The normalized spacial score (nSPS) is 13.6. The van der Waals surface area contributed by atoms with E-state index in [1.54, 1.807) is 0 Å². The molecule has 0 radical (unpaired) electrons. The van der Waals surface area contributed by atoms with E-state index < -0.39 is 0 Å². The van der Waals surface area contributed by atoms with Gasteiger partial charge >= 0.3 is 0 Å². The van der Waals surface area contributed by atoms with E-state index in [2.05, 4.69) is 59.2 Å². The van der Waals surface area contributed by atoms with Gasteiger partial charge in [-0.1, -0.05) is 36.4 Å².